The van der Waals surface area contributed by atoms with Gasteiger partial charge in [0.1, 0.15) is 22.7 Å². The number of aromatic nitrogens is 2. The number of rotatable bonds is 4. The SMILES string of the molecule is COc1ccc(NC(=O)c2sc3ncnc(N4CCN(C)CC4)c3c2C)cc1. The van der Waals surface area contributed by atoms with Crippen LogP contribution in [0.3, 0.4) is 0 Å². The Hall–Kier alpha value is -2.71. The molecule has 2 aromatic heterocycles. The minimum Gasteiger partial charge on any atom is -0.497 e. The first kappa shape index (κ1) is 18.6. The summed E-state index contributed by atoms with van der Waals surface area (Å²) in [5.74, 6) is 1.55. The number of benzene rings is 1. The van der Waals surface area contributed by atoms with Crippen LogP contribution >= 0.6 is 11.3 Å². The van der Waals surface area contributed by atoms with Crippen molar-refractivity contribution in [1.82, 2.24) is 14.9 Å². The van der Waals surface area contributed by atoms with Gasteiger partial charge in [-0.1, -0.05) is 0 Å². The first-order chi connectivity index (χ1) is 13.6. The fourth-order valence-corrected chi connectivity index (χ4v) is 4.43. The second-order valence-electron chi connectivity index (χ2n) is 6.91. The predicted molar refractivity (Wildman–Crippen MR) is 113 cm³/mol. The zero-order chi connectivity index (χ0) is 19.7. The number of nitrogens with one attached hydrogen (secondary N) is 1. The lowest BCUT2D eigenvalue weighted by Crippen LogP contribution is -2.44. The number of hydrogen-bond donors (Lipinski definition) is 1. The summed E-state index contributed by atoms with van der Waals surface area (Å²) in [5, 5.41) is 3.95. The number of fused-ring (bicyclic) bond motifs is 1. The third-order valence-corrected chi connectivity index (χ3v) is 6.26. The summed E-state index contributed by atoms with van der Waals surface area (Å²) >= 11 is 1.41. The molecule has 0 bridgehead atoms. The van der Waals surface area contributed by atoms with E-state index in [-0.39, 0.29) is 5.91 Å². The molecule has 0 aliphatic carbocycles. The summed E-state index contributed by atoms with van der Waals surface area (Å²) in [6.45, 7) is 5.82. The second kappa shape index (κ2) is 7.73. The molecule has 0 atom stereocenters. The highest BCUT2D eigenvalue weighted by molar-refractivity contribution is 7.20. The van der Waals surface area contributed by atoms with E-state index in [1.807, 2.05) is 31.2 Å². The molecule has 28 heavy (non-hydrogen) atoms. The minimum atomic E-state index is -0.130. The van der Waals surface area contributed by atoms with Gasteiger partial charge in [-0.05, 0) is 43.8 Å². The van der Waals surface area contributed by atoms with E-state index >= 15 is 0 Å². The Kier molecular flexibility index (Phi) is 5.15. The van der Waals surface area contributed by atoms with E-state index in [9.17, 15) is 4.79 Å². The third kappa shape index (κ3) is 3.53. The Morgan fingerprint density at radius 1 is 1.14 bits per heavy atom. The van der Waals surface area contributed by atoms with Crippen LogP contribution in [-0.2, 0) is 0 Å². The number of carbonyl (C=O) groups excluding carboxylic acids is 1. The highest BCUT2D eigenvalue weighted by Crippen LogP contribution is 2.35. The zero-order valence-corrected chi connectivity index (χ0v) is 17.0. The number of thiophene rings is 1. The molecular weight excluding hydrogens is 374 g/mol. The van der Waals surface area contributed by atoms with Gasteiger partial charge in [-0.2, -0.15) is 0 Å². The third-order valence-electron chi connectivity index (χ3n) is 5.06. The summed E-state index contributed by atoms with van der Waals surface area (Å²) in [6, 6.07) is 7.30. The van der Waals surface area contributed by atoms with Crippen LogP contribution in [0.25, 0.3) is 10.2 Å². The lowest BCUT2D eigenvalue weighted by Gasteiger charge is -2.33. The normalized spacial score (nSPS) is 15.0. The van der Waals surface area contributed by atoms with Gasteiger partial charge in [0.25, 0.3) is 5.91 Å². The molecule has 1 aliphatic heterocycles. The van der Waals surface area contributed by atoms with E-state index in [1.54, 1.807) is 13.4 Å². The van der Waals surface area contributed by atoms with Crippen molar-refractivity contribution in [3.63, 3.8) is 0 Å². The maximum absolute atomic E-state index is 12.9. The summed E-state index contributed by atoms with van der Waals surface area (Å²) in [7, 11) is 3.75. The van der Waals surface area contributed by atoms with Gasteiger partial charge in [0, 0.05) is 31.9 Å². The number of ether oxygens (including phenoxy) is 1. The molecule has 1 saturated heterocycles. The predicted octanol–water partition coefficient (Wildman–Crippen LogP) is 3.01. The molecule has 146 valence electrons. The van der Waals surface area contributed by atoms with Crippen LogP contribution in [0.15, 0.2) is 30.6 Å². The molecule has 3 aromatic rings. The van der Waals surface area contributed by atoms with Crippen LogP contribution in [-0.4, -0.2) is 61.1 Å². The molecule has 1 aliphatic rings. The maximum Gasteiger partial charge on any atom is 0.266 e. The molecule has 1 amide bonds. The fraction of sp³-hybridized carbons (Fsp3) is 0.350. The number of carbonyl (C=O) groups is 1. The molecule has 1 aromatic carbocycles. The van der Waals surface area contributed by atoms with Crippen molar-refractivity contribution in [2.75, 3.05) is 50.6 Å². The van der Waals surface area contributed by atoms with E-state index in [1.165, 1.54) is 11.3 Å². The Balaban J connectivity index is 1.63. The number of aryl methyl sites for hydroxylation is 1. The Morgan fingerprint density at radius 3 is 2.54 bits per heavy atom. The highest BCUT2D eigenvalue weighted by atomic mass is 32.1. The van der Waals surface area contributed by atoms with Gasteiger partial charge >= 0.3 is 0 Å². The van der Waals surface area contributed by atoms with E-state index in [0.29, 0.717) is 4.88 Å². The van der Waals surface area contributed by atoms with Crippen molar-refractivity contribution >= 4 is 39.0 Å². The molecule has 8 heteroatoms. The largest absolute Gasteiger partial charge is 0.497 e. The Labute approximate surface area is 168 Å². The highest BCUT2D eigenvalue weighted by Gasteiger charge is 2.23. The fourth-order valence-electron chi connectivity index (χ4n) is 3.39. The average molecular weight is 398 g/mol. The van der Waals surface area contributed by atoms with E-state index in [4.69, 9.17) is 4.74 Å². The van der Waals surface area contributed by atoms with Crippen LogP contribution in [0.1, 0.15) is 15.2 Å². The number of amides is 1. The summed E-state index contributed by atoms with van der Waals surface area (Å²) in [4.78, 5) is 28.0. The van der Waals surface area contributed by atoms with Crippen LogP contribution in [0.2, 0.25) is 0 Å². The van der Waals surface area contributed by atoms with Gasteiger partial charge < -0.3 is 19.9 Å². The maximum atomic E-state index is 12.9. The number of nitrogens with zero attached hydrogens (tertiary/aromatic N) is 4. The van der Waals surface area contributed by atoms with E-state index < -0.39 is 0 Å². The van der Waals surface area contributed by atoms with Crippen molar-refractivity contribution in [3.05, 3.63) is 41.0 Å². The molecular formula is C20H23N5O2S. The molecule has 1 N–H and O–H groups in total. The first-order valence-corrected chi connectivity index (χ1v) is 10.0. The van der Waals surface area contributed by atoms with Crippen molar-refractivity contribution in [3.8, 4) is 5.75 Å². The van der Waals surface area contributed by atoms with Gasteiger partial charge in [-0.15, -0.1) is 11.3 Å². The van der Waals surface area contributed by atoms with Crippen LogP contribution in [0, 0.1) is 6.92 Å². The zero-order valence-electron chi connectivity index (χ0n) is 16.2. The van der Waals surface area contributed by atoms with Crippen LogP contribution < -0.4 is 15.0 Å². The van der Waals surface area contributed by atoms with Gasteiger partial charge in [-0.25, -0.2) is 9.97 Å². The molecule has 1 fully saturated rings. The number of piperazine rings is 1. The number of likely N-dealkylation sites (N-methyl/N-ethyl adjacent to an activating group) is 1. The lowest BCUT2D eigenvalue weighted by molar-refractivity contribution is 0.103. The smallest absolute Gasteiger partial charge is 0.266 e. The summed E-state index contributed by atoms with van der Waals surface area (Å²) in [5.41, 5.74) is 1.66. The van der Waals surface area contributed by atoms with Gasteiger partial charge in [0.05, 0.1) is 17.4 Å². The quantitative estimate of drug-likeness (QED) is 0.730. The topological polar surface area (TPSA) is 70.6 Å². The molecule has 0 spiro atoms. The molecule has 0 saturated carbocycles. The molecule has 0 radical (unpaired) electrons. The minimum absolute atomic E-state index is 0.130. The van der Waals surface area contributed by atoms with Crippen LogP contribution in [0.5, 0.6) is 5.75 Å². The first-order valence-electron chi connectivity index (χ1n) is 9.20. The van der Waals surface area contributed by atoms with Gasteiger partial charge in [0.2, 0.25) is 0 Å². The lowest BCUT2D eigenvalue weighted by atomic mass is 10.1. The van der Waals surface area contributed by atoms with Crippen molar-refractivity contribution in [1.29, 1.82) is 0 Å². The molecule has 4 rings (SSSR count). The van der Waals surface area contributed by atoms with Gasteiger partial charge in [-0.3, -0.25) is 4.79 Å². The Bertz CT molecular complexity index is 994. The van der Waals surface area contributed by atoms with Gasteiger partial charge in [0.15, 0.2) is 0 Å². The van der Waals surface area contributed by atoms with E-state index in [2.05, 4.69) is 32.1 Å². The van der Waals surface area contributed by atoms with Crippen molar-refractivity contribution in [2.24, 2.45) is 0 Å². The summed E-state index contributed by atoms with van der Waals surface area (Å²) < 4.78 is 5.16. The summed E-state index contributed by atoms with van der Waals surface area (Å²) in [6.07, 6.45) is 1.59. The second-order valence-corrected chi connectivity index (χ2v) is 7.91. The monoisotopic (exact) mass is 397 g/mol. The Morgan fingerprint density at radius 2 is 1.86 bits per heavy atom. The molecule has 3 heterocycles. The average Bonchev–Trinajstić information content (AvgIpc) is 3.06. The van der Waals surface area contributed by atoms with E-state index in [0.717, 1.165) is 59.2 Å². The molecule has 7 nitrogen and oxygen atoms in total. The molecule has 0 unspecified atom stereocenters. The number of methoxy groups -OCH3 is 1. The number of hydrogen-bond acceptors (Lipinski definition) is 7. The number of anilines is 2. The standard InChI is InChI=1S/C20H23N5O2S/c1-13-16-18(25-10-8-24(2)9-11-25)21-12-22-20(16)28-17(13)19(26)23-14-4-6-15(27-3)7-5-14/h4-7,12H,8-11H2,1-3H3,(H,23,26). The van der Waals surface area contributed by atoms with Crippen molar-refractivity contribution < 1.29 is 9.53 Å². The van der Waals surface area contributed by atoms with Crippen molar-refractivity contribution in [2.45, 2.75) is 6.92 Å². The van der Waals surface area contributed by atoms with Crippen LogP contribution in [0.4, 0.5) is 11.5 Å².